The predicted molar refractivity (Wildman–Crippen MR) is 64.2 cm³/mol. The minimum absolute atomic E-state index is 0.365. The fourth-order valence-electron chi connectivity index (χ4n) is 1.78. The molecule has 2 N–H and O–H groups in total. The number of fused-ring (bicyclic) bond motifs is 1. The summed E-state index contributed by atoms with van der Waals surface area (Å²) >= 11 is 0. The van der Waals surface area contributed by atoms with E-state index in [2.05, 4.69) is 15.2 Å². The summed E-state index contributed by atoms with van der Waals surface area (Å²) < 4.78 is 5.44. The molecule has 0 spiro atoms. The van der Waals surface area contributed by atoms with Gasteiger partial charge < -0.3 is 10.2 Å². The van der Waals surface area contributed by atoms with E-state index in [-0.39, 0.29) is 0 Å². The molecule has 0 atom stereocenters. The van der Waals surface area contributed by atoms with Gasteiger partial charge in [-0.05, 0) is 13.0 Å². The molecule has 0 unspecified atom stereocenters. The number of furan rings is 1. The average Bonchev–Trinajstić information content (AvgIpc) is 2.73. The van der Waals surface area contributed by atoms with E-state index < -0.39 is 0 Å². The van der Waals surface area contributed by atoms with Crippen LogP contribution in [0.5, 0.6) is 0 Å². The molecule has 5 nitrogen and oxygen atoms in total. The maximum absolute atomic E-state index is 5.85. The highest BCUT2D eigenvalue weighted by molar-refractivity contribution is 5.94. The maximum atomic E-state index is 5.85. The molecule has 0 amide bonds. The van der Waals surface area contributed by atoms with Crippen LogP contribution in [0.2, 0.25) is 0 Å². The van der Waals surface area contributed by atoms with Crippen molar-refractivity contribution in [1.82, 2.24) is 15.2 Å². The van der Waals surface area contributed by atoms with Gasteiger partial charge in [0, 0.05) is 5.39 Å². The Hall–Kier alpha value is -2.43. The number of nitrogen functional groups attached to an aromatic ring is 1. The highest BCUT2D eigenvalue weighted by atomic mass is 16.3. The number of nitrogens with zero attached hydrogens (tertiary/aromatic N) is 3. The molecule has 0 aliphatic carbocycles. The molecule has 1 aromatic carbocycles. The van der Waals surface area contributed by atoms with Crippen LogP contribution in [0, 0.1) is 6.92 Å². The van der Waals surface area contributed by atoms with Crippen molar-refractivity contribution in [1.29, 1.82) is 0 Å². The van der Waals surface area contributed by atoms with Gasteiger partial charge in [-0.3, -0.25) is 0 Å². The van der Waals surface area contributed by atoms with E-state index in [0.717, 1.165) is 16.5 Å². The summed E-state index contributed by atoms with van der Waals surface area (Å²) in [5.74, 6) is 0.920. The van der Waals surface area contributed by atoms with Gasteiger partial charge in [-0.1, -0.05) is 18.2 Å². The smallest absolute Gasteiger partial charge is 0.154 e. The molecule has 3 rings (SSSR count). The van der Waals surface area contributed by atoms with Gasteiger partial charge in [0.15, 0.2) is 5.82 Å². The Bertz CT molecular complexity index is 690. The second-order valence-electron chi connectivity index (χ2n) is 3.74. The third-order valence-corrected chi connectivity index (χ3v) is 2.56. The van der Waals surface area contributed by atoms with Crippen LogP contribution in [0.25, 0.3) is 22.2 Å². The zero-order valence-corrected chi connectivity index (χ0v) is 9.21. The molecule has 17 heavy (non-hydrogen) atoms. The lowest BCUT2D eigenvalue weighted by atomic mass is 10.1. The molecular formula is C12H10N4O. The van der Waals surface area contributed by atoms with Gasteiger partial charge in [-0.15, -0.1) is 10.2 Å². The quantitative estimate of drug-likeness (QED) is 0.688. The molecule has 3 aromatic rings. The molecule has 2 aromatic heterocycles. The highest BCUT2D eigenvalue weighted by Crippen LogP contribution is 2.31. The maximum Gasteiger partial charge on any atom is 0.154 e. The summed E-state index contributed by atoms with van der Waals surface area (Å²) in [5, 5.41) is 8.95. The van der Waals surface area contributed by atoms with E-state index in [0.29, 0.717) is 17.3 Å². The number of benzene rings is 1. The molecule has 84 valence electrons. The first-order valence-corrected chi connectivity index (χ1v) is 5.19. The van der Waals surface area contributed by atoms with Gasteiger partial charge in [-0.25, -0.2) is 4.98 Å². The fourth-order valence-corrected chi connectivity index (χ4v) is 1.78. The van der Waals surface area contributed by atoms with Crippen LogP contribution in [0.1, 0.15) is 5.82 Å². The van der Waals surface area contributed by atoms with Crippen molar-refractivity contribution in [2.24, 2.45) is 0 Å². The van der Waals surface area contributed by atoms with E-state index >= 15 is 0 Å². The summed E-state index contributed by atoms with van der Waals surface area (Å²) in [6, 6.07) is 7.70. The summed E-state index contributed by atoms with van der Waals surface area (Å²) in [7, 11) is 0. The Labute approximate surface area is 97.3 Å². The first kappa shape index (κ1) is 9.77. The van der Waals surface area contributed by atoms with Crippen molar-refractivity contribution in [3.05, 3.63) is 36.4 Å². The number of aromatic nitrogens is 3. The van der Waals surface area contributed by atoms with Gasteiger partial charge in [0.25, 0.3) is 0 Å². The first-order valence-electron chi connectivity index (χ1n) is 5.19. The zero-order valence-electron chi connectivity index (χ0n) is 9.21. The third kappa shape index (κ3) is 1.52. The fraction of sp³-hybridized carbons (Fsp3) is 0.0833. The van der Waals surface area contributed by atoms with Crippen LogP contribution in [0.4, 0.5) is 5.82 Å². The van der Waals surface area contributed by atoms with Gasteiger partial charge in [0.05, 0.1) is 5.56 Å². The highest BCUT2D eigenvalue weighted by Gasteiger charge is 2.13. The van der Waals surface area contributed by atoms with Gasteiger partial charge >= 0.3 is 0 Å². The number of nitrogens with two attached hydrogens (primary N) is 1. The Balaban J connectivity index is 2.27. The Morgan fingerprint density at radius 3 is 2.82 bits per heavy atom. The van der Waals surface area contributed by atoms with Crippen LogP contribution < -0.4 is 5.73 Å². The number of aryl methyl sites for hydroxylation is 1. The second-order valence-corrected chi connectivity index (χ2v) is 3.74. The lowest BCUT2D eigenvalue weighted by Gasteiger charge is -2.01. The van der Waals surface area contributed by atoms with Crippen molar-refractivity contribution in [3.63, 3.8) is 0 Å². The molecule has 0 fully saturated rings. The zero-order chi connectivity index (χ0) is 11.8. The van der Waals surface area contributed by atoms with E-state index in [4.69, 9.17) is 10.2 Å². The van der Waals surface area contributed by atoms with Crippen LogP contribution in [-0.2, 0) is 0 Å². The average molecular weight is 226 g/mol. The van der Waals surface area contributed by atoms with Crippen LogP contribution in [0.3, 0.4) is 0 Å². The topological polar surface area (TPSA) is 77.8 Å². The number of hydrogen-bond donors (Lipinski definition) is 1. The van der Waals surface area contributed by atoms with Gasteiger partial charge in [0.2, 0.25) is 0 Å². The predicted octanol–water partition coefficient (Wildman–Crippen LogP) is 2.18. The van der Waals surface area contributed by atoms with Crippen molar-refractivity contribution >= 4 is 16.8 Å². The minimum atomic E-state index is 0.365. The number of anilines is 1. The monoisotopic (exact) mass is 226 g/mol. The largest absolute Gasteiger partial charge is 0.464 e. The summed E-state index contributed by atoms with van der Waals surface area (Å²) in [5.41, 5.74) is 8.02. The third-order valence-electron chi connectivity index (χ3n) is 2.56. The molecule has 5 heteroatoms. The SMILES string of the molecule is Cc1nnc(-c2coc3ccccc23)c(N)n1. The summed E-state index contributed by atoms with van der Waals surface area (Å²) in [6.45, 7) is 1.75. The van der Waals surface area contributed by atoms with E-state index in [9.17, 15) is 0 Å². The number of para-hydroxylation sites is 1. The van der Waals surface area contributed by atoms with Gasteiger partial charge in [0.1, 0.15) is 23.4 Å². The van der Waals surface area contributed by atoms with Crippen molar-refractivity contribution < 1.29 is 4.42 Å². The van der Waals surface area contributed by atoms with E-state index in [1.165, 1.54) is 0 Å². The van der Waals surface area contributed by atoms with Crippen molar-refractivity contribution in [2.75, 3.05) is 5.73 Å². The molecule has 0 saturated carbocycles. The standard InChI is InChI=1S/C12H10N4O/c1-7-14-12(13)11(16-15-7)9-6-17-10-5-3-2-4-8(9)10/h2-6H,1H3,(H2,13,14,15). The van der Waals surface area contributed by atoms with Crippen LogP contribution >= 0.6 is 0 Å². The Kier molecular flexibility index (Phi) is 2.04. The normalized spacial score (nSPS) is 10.9. The van der Waals surface area contributed by atoms with Crippen LogP contribution in [0.15, 0.2) is 34.9 Å². The summed E-state index contributed by atoms with van der Waals surface area (Å²) in [4.78, 5) is 4.10. The lowest BCUT2D eigenvalue weighted by molar-refractivity contribution is 0.616. The van der Waals surface area contributed by atoms with E-state index in [1.807, 2.05) is 24.3 Å². The molecule has 0 aliphatic rings. The Morgan fingerprint density at radius 1 is 1.18 bits per heavy atom. The first-order chi connectivity index (χ1) is 8.25. The molecule has 2 heterocycles. The molecule has 0 saturated heterocycles. The number of hydrogen-bond acceptors (Lipinski definition) is 5. The molecule has 0 radical (unpaired) electrons. The second kappa shape index (κ2) is 3.55. The molecule has 0 aliphatic heterocycles. The van der Waals surface area contributed by atoms with E-state index in [1.54, 1.807) is 13.2 Å². The summed E-state index contributed by atoms with van der Waals surface area (Å²) in [6.07, 6.45) is 1.63. The molecular weight excluding hydrogens is 216 g/mol. The van der Waals surface area contributed by atoms with Gasteiger partial charge in [-0.2, -0.15) is 0 Å². The van der Waals surface area contributed by atoms with Crippen molar-refractivity contribution in [2.45, 2.75) is 6.92 Å². The molecule has 0 bridgehead atoms. The van der Waals surface area contributed by atoms with Crippen LogP contribution in [-0.4, -0.2) is 15.2 Å². The minimum Gasteiger partial charge on any atom is -0.464 e. The van der Waals surface area contributed by atoms with Crippen molar-refractivity contribution in [3.8, 4) is 11.3 Å². The number of rotatable bonds is 1. The lowest BCUT2D eigenvalue weighted by Crippen LogP contribution is -2.01. The Morgan fingerprint density at radius 2 is 2.00 bits per heavy atom.